The zero-order valence-electron chi connectivity index (χ0n) is 19.2. The van der Waals surface area contributed by atoms with Crippen LogP contribution in [0.25, 0.3) is 10.9 Å². The molecule has 3 aromatic heterocycles. The fourth-order valence-electron chi connectivity index (χ4n) is 3.32. The lowest BCUT2D eigenvalue weighted by atomic mass is 10.1. The number of anilines is 2. The predicted octanol–water partition coefficient (Wildman–Crippen LogP) is 2.42. The molecule has 0 aliphatic carbocycles. The lowest BCUT2D eigenvalue weighted by Crippen LogP contribution is -3.00. The number of halogens is 1. The third-order valence-corrected chi connectivity index (χ3v) is 4.98. The maximum absolute atomic E-state index is 6.07. The van der Waals surface area contributed by atoms with E-state index < -0.39 is 0 Å². The van der Waals surface area contributed by atoms with Gasteiger partial charge < -0.3 is 27.2 Å². The van der Waals surface area contributed by atoms with Crippen molar-refractivity contribution in [2.24, 2.45) is 13.0 Å². The topological polar surface area (TPSA) is 87.0 Å². The Hall–Kier alpha value is -3.39. The van der Waals surface area contributed by atoms with Crippen LogP contribution in [0.15, 0.2) is 49.1 Å². The summed E-state index contributed by atoms with van der Waals surface area (Å²) >= 11 is 0. The van der Waals surface area contributed by atoms with Gasteiger partial charge in [0, 0.05) is 30.3 Å². The van der Waals surface area contributed by atoms with Crippen molar-refractivity contribution in [2.45, 2.75) is 33.6 Å². The van der Waals surface area contributed by atoms with Gasteiger partial charge in [-0.3, -0.25) is 4.68 Å². The Morgan fingerprint density at radius 1 is 1.06 bits per heavy atom. The molecular weight excluding hydrogens is 440 g/mol. The molecule has 0 saturated carbocycles. The number of fused-ring (bicyclic) bond motifs is 1. The maximum atomic E-state index is 6.07. The minimum atomic E-state index is 0. The number of benzene rings is 1. The third kappa shape index (κ3) is 6.32. The van der Waals surface area contributed by atoms with Crippen LogP contribution < -0.4 is 27.2 Å². The van der Waals surface area contributed by atoms with Gasteiger partial charge in [-0.2, -0.15) is 5.10 Å². The summed E-state index contributed by atoms with van der Waals surface area (Å²) < 4.78 is 13.6. The Balaban J connectivity index is 0.00000306. The zero-order chi connectivity index (χ0) is 22.5. The molecule has 33 heavy (non-hydrogen) atoms. The summed E-state index contributed by atoms with van der Waals surface area (Å²) in [4.78, 5) is 13.2. The van der Waals surface area contributed by atoms with Crippen LogP contribution in [0.2, 0.25) is 0 Å². The number of hydrogen-bond donors (Lipinski definition) is 1. The second-order valence-corrected chi connectivity index (χ2v) is 8.18. The van der Waals surface area contributed by atoms with Gasteiger partial charge in [-0.25, -0.2) is 15.0 Å². The molecule has 0 radical (unpaired) electrons. The summed E-state index contributed by atoms with van der Waals surface area (Å²) in [5.41, 5.74) is 1.71. The molecule has 3 heterocycles. The minimum absolute atomic E-state index is 0. The van der Waals surface area contributed by atoms with Gasteiger partial charge in [-0.15, -0.1) is 0 Å². The number of aromatic nitrogens is 5. The highest BCUT2D eigenvalue weighted by molar-refractivity contribution is 5.91. The smallest absolute Gasteiger partial charge is 0.222 e. The second-order valence-electron chi connectivity index (χ2n) is 8.18. The van der Waals surface area contributed by atoms with Crippen LogP contribution in [-0.2, 0) is 7.05 Å². The molecule has 4 aromatic rings. The lowest BCUT2D eigenvalue weighted by molar-refractivity contribution is -0.00000804. The fraction of sp³-hybridized carbons (Fsp3) is 0.333. The highest BCUT2D eigenvalue weighted by atomic mass is 35.5. The van der Waals surface area contributed by atoms with Gasteiger partial charge in [0.2, 0.25) is 5.88 Å². The number of nitrogens with one attached hydrogen (secondary N) is 1. The highest BCUT2D eigenvalue weighted by Crippen LogP contribution is 2.30. The van der Waals surface area contributed by atoms with Crippen molar-refractivity contribution in [3.8, 4) is 17.4 Å². The average molecular weight is 468 g/mol. The largest absolute Gasteiger partial charge is 1.00 e. The van der Waals surface area contributed by atoms with Crippen LogP contribution in [0, 0.1) is 12.8 Å². The molecule has 0 spiro atoms. The zero-order valence-corrected chi connectivity index (χ0v) is 20.0. The summed E-state index contributed by atoms with van der Waals surface area (Å²) in [5, 5.41) is 8.42. The molecule has 0 atom stereocenters. The molecule has 4 rings (SSSR count). The van der Waals surface area contributed by atoms with Gasteiger partial charge in [0.15, 0.2) is 5.82 Å². The Morgan fingerprint density at radius 3 is 2.64 bits per heavy atom. The predicted molar refractivity (Wildman–Crippen MR) is 125 cm³/mol. The second kappa shape index (κ2) is 11.0. The molecule has 1 aromatic carbocycles. The first-order valence-electron chi connectivity index (χ1n) is 10.8. The molecular formula is C24H28ClN6O2-. The molecule has 9 heteroatoms. The van der Waals surface area contributed by atoms with Crippen LogP contribution in [0.4, 0.5) is 11.6 Å². The summed E-state index contributed by atoms with van der Waals surface area (Å²) in [6.07, 6.45) is 7.28. The molecule has 0 fully saturated rings. The molecule has 0 amide bonds. The number of ether oxygens (including phenoxy) is 2. The number of pyridine rings is 1. The number of hydrogen-bond acceptors (Lipinski definition) is 7. The summed E-state index contributed by atoms with van der Waals surface area (Å²) in [7, 11) is 1.87. The number of rotatable bonds is 9. The monoisotopic (exact) mass is 467 g/mol. The van der Waals surface area contributed by atoms with E-state index in [2.05, 4.69) is 39.2 Å². The van der Waals surface area contributed by atoms with E-state index in [4.69, 9.17) is 9.47 Å². The third-order valence-electron chi connectivity index (χ3n) is 4.98. The van der Waals surface area contributed by atoms with Gasteiger partial charge in [0.1, 0.15) is 23.6 Å². The normalized spacial score (nSPS) is 10.8. The van der Waals surface area contributed by atoms with Crippen molar-refractivity contribution in [3.63, 3.8) is 0 Å². The molecule has 174 valence electrons. The van der Waals surface area contributed by atoms with Crippen LogP contribution in [0.5, 0.6) is 17.4 Å². The first-order valence-corrected chi connectivity index (χ1v) is 10.8. The average Bonchev–Trinajstić information content (AvgIpc) is 3.18. The van der Waals surface area contributed by atoms with Crippen molar-refractivity contribution in [2.75, 3.05) is 11.9 Å². The minimum Gasteiger partial charge on any atom is -1.00 e. The van der Waals surface area contributed by atoms with E-state index in [-0.39, 0.29) is 12.4 Å². The lowest BCUT2D eigenvalue weighted by Gasteiger charge is -2.12. The van der Waals surface area contributed by atoms with Gasteiger partial charge in [-0.05, 0) is 49.9 Å². The van der Waals surface area contributed by atoms with Crippen LogP contribution in [-0.4, -0.2) is 31.3 Å². The quantitative estimate of drug-likeness (QED) is 0.378. The van der Waals surface area contributed by atoms with E-state index in [0.29, 0.717) is 35.8 Å². The van der Waals surface area contributed by atoms with Crippen LogP contribution >= 0.6 is 0 Å². The molecule has 0 aliphatic heterocycles. The van der Waals surface area contributed by atoms with E-state index in [1.54, 1.807) is 10.9 Å². The van der Waals surface area contributed by atoms with Gasteiger partial charge in [-0.1, -0.05) is 13.8 Å². The molecule has 1 N–H and O–H groups in total. The Labute approximate surface area is 199 Å². The summed E-state index contributed by atoms with van der Waals surface area (Å²) in [5.74, 6) is 4.00. The maximum Gasteiger partial charge on any atom is 0.222 e. The van der Waals surface area contributed by atoms with E-state index in [0.717, 1.165) is 35.1 Å². The SMILES string of the molecule is Cc1cc(OCCCC(C)C)cnc1Oc1ccc2ncnc(Nc3ccn(C)n3)c2c1.[Cl-]. The van der Waals surface area contributed by atoms with Crippen molar-refractivity contribution < 1.29 is 21.9 Å². The van der Waals surface area contributed by atoms with Crippen molar-refractivity contribution in [1.29, 1.82) is 0 Å². The molecule has 0 saturated heterocycles. The summed E-state index contributed by atoms with van der Waals surface area (Å²) in [6.45, 7) is 7.08. The fourth-order valence-corrected chi connectivity index (χ4v) is 3.32. The van der Waals surface area contributed by atoms with Gasteiger partial charge in [0.05, 0.1) is 18.3 Å². The van der Waals surface area contributed by atoms with Crippen LogP contribution in [0.3, 0.4) is 0 Å². The van der Waals surface area contributed by atoms with Gasteiger partial charge in [0.25, 0.3) is 0 Å². The molecule has 0 aliphatic rings. The van der Waals surface area contributed by atoms with Crippen molar-refractivity contribution >= 4 is 22.5 Å². The van der Waals surface area contributed by atoms with Crippen molar-refractivity contribution in [3.05, 3.63) is 54.6 Å². The first-order chi connectivity index (χ1) is 15.5. The number of nitrogens with zero attached hydrogens (tertiary/aromatic N) is 5. The highest BCUT2D eigenvalue weighted by Gasteiger charge is 2.10. The molecule has 0 bridgehead atoms. The van der Waals surface area contributed by atoms with E-state index in [1.165, 1.54) is 6.33 Å². The van der Waals surface area contributed by atoms with Gasteiger partial charge >= 0.3 is 0 Å². The summed E-state index contributed by atoms with van der Waals surface area (Å²) in [6, 6.07) is 9.51. The Kier molecular flexibility index (Phi) is 8.06. The van der Waals surface area contributed by atoms with E-state index >= 15 is 0 Å². The van der Waals surface area contributed by atoms with E-state index in [9.17, 15) is 0 Å². The number of aryl methyl sites for hydroxylation is 2. The van der Waals surface area contributed by atoms with Crippen molar-refractivity contribution in [1.82, 2.24) is 24.7 Å². The van der Waals surface area contributed by atoms with Crippen LogP contribution in [0.1, 0.15) is 32.3 Å². The standard InChI is InChI=1S/C24H28N6O2.ClH/c1-16(2)6-5-11-31-19-12-17(3)24(25-14-19)32-18-7-8-21-20(13-18)23(27-15-26-21)28-22-9-10-30(4)29-22;/h7-10,12-16H,5-6,11H2,1-4H3,(H,26,27,28,29);1H/p-1. The molecule has 0 unspecified atom stereocenters. The molecule has 8 nitrogen and oxygen atoms in total. The Morgan fingerprint density at radius 2 is 1.91 bits per heavy atom. The first kappa shape index (κ1) is 24.3. The Bertz CT molecular complexity index is 1210. The van der Waals surface area contributed by atoms with E-state index in [1.807, 2.05) is 50.5 Å².